The Bertz CT molecular complexity index is 1180. The summed E-state index contributed by atoms with van der Waals surface area (Å²) in [5.74, 6) is -4.15. The van der Waals surface area contributed by atoms with Crippen LogP contribution in [0.3, 0.4) is 0 Å². The molecule has 4 aromatic rings. The Morgan fingerprint density at radius 2 is 1.29 bits per heavy atom. The zero-order valence-corrected chi connectivity index (χ0v) is 15.1. The molecule has 0 heterocycles. The first-order valence-corrected chi connectivity index (χ1v) is 8.94. The van der Waals surface area contributed by atoms with Gasteiger partial charge >= 0.3 is 0 Å². The van der Waals surface area contributed by atoms with Crippen molar-refractivity contribution in [3.63, 3.8) is 0 Å². The highest BCUT2D eigenvalue weighted by Gasteiger charge is 2.14. The van der Waals surface area contributed by atoms with E-state index in [0.29, 0.717) is 5.56 Å². The van der Waals surface area contributed by atoms with Crippen LogP contribution in [0, 0.1) is 23.3 Å². The lowest BCUT2D eigenvalue weighted by Crippen LogP contribution is -1.92. The number of halogens is 4. The van der Waals surface area contributed by atoms with Crippen molar-refractivity contribution >= 4 is 10.8 Å². The van der Waals surface area contributed by atoms with Gasteiger partial charge in [-0.2, -0.15) is 0 Å². The Hall–Kier alpha value is -3.14. The van der Waals surface area contributed by atoms with Crippen LogP contribution in [0.2, 0.25) is 0 Å². The van der Waals surface area contributed by atoms with Gasteiger partial charge < -0.3 is 0 Å². The Balaban J connectivity index is 1.72. The highest BCUT2D eigenvalue weighted by Crippen LogP contribution is 2.30. The number of hydrogen-bond donors (Lipinski definition) is 0. The molecule has 0 bridgehead atoms. The lowest BCUT2D eigenvalue weighted by atomic mass is 9.97. The molecule has 0 spiro atoms. The van der Waals surface area contributed by atoms with Crippen LogP contribution in [0.15, 0.2) is 66.7 Å². The molecule has 0 fully saturated rings. The summed E-state index contributed by atoms with van der Waals surface area (Å²) >= 11 is 0. The van der Waals surface area contributed by atoms with Gasteiger partial charge in [0.25, 0.3) is 0 Å². The third kappa shape index (κ3) is 3.15. The minimum atomic E-state index is -1.47. The molecular formula is C24H16F4. The summed E-state index contributed by atoms with van der Waals surface area (Å²) in [6, 6.07) is 18.1. The summed E-state index contributed by atoms with van der Waals surface area (Å²) in [6.45, 7) is 1.97. The summed E-state index contributed by atoms with van der Waals surface area (Å²) < 4.78 is 55.1. The maximum Gasteiger partial charge on any atom is 0.195 e. The van der Waals surface area contributed by atoms with E-state index in [0.717, 1.165) is 34.7 Å². The predicted octanol–water partition coefficient (Wildman–Crippen LogP) is 7.29. The molecule has 0 radical (unpaired) electrons. The van der Waals surface area contributed by atoms with E-state index in [4.69, 9.17) is 0 Å². The standard InChI is InChI=1S/C24H16F4/c1-2-14-3-9-19(21(25)11-14)16-6-4-15(5-7-16)17-8-10-20-18(12-17)13-22(26)24(28)23(20)27/h3-13H,2H2,1H3. The fourth-order valence-corrected chi connectivity index (χ4v) is 3.34. The van der Waals surface area contributed by atoms with Gasteiger partial charge in [-0.15, -0.1) is 0 Å². The number of benzene rings is 4. The molecule has 0 nitrogen and oxygen atoms in total. The Labute approximate surface area is 160 Å². The van der Waals surface area contributed by atoms with Crippen molar-refractivity contribution in [2.45, 2.75) is 13.3 Å². The highest BCUT2D eigenvalue weighted by atomic mass is 19.2. The molecule has 0 N–H and O–H groups in total. The fourth-order valence-electron chi connectivity index (χ4n) is 3.34. The molecule has 0 amide bonds. The molecule has 4 rings (SSSR count). The van der Waals surface area contributed by atoms with Crippen LogP contribution < -0.4 is 0 Å². The predicted molar refractivity (Wildman–Crippen MR) is 104 cm³/mol. The first-order valence-electron chi connectivity index (χ1n) is 8.94. The van der Waals surface area contributed by atoms with Crippen LogP contribution in [-0.4, -0.2) is 0 Å². The van der Waals surface area contributed by atoms with Gasteiger partial charge in [0.2, 0.25) is 0 Å². The molecule has 4 heteroatoms. The van der Waals surface area contributed by atoms with Gasteiger partial charge in [0.15, 0.2) is 17.5 Å². The van der Waals surface area contributed by atoms with Crippen molar-refractivity contribution in [2.24, 2.45) is 0 Å². The van der Waals surface area contributed by atoms with Crippen molar-refractivity contribution in [1.29, 1.82) is 0 Å². The zero-order valence-electron chi connectivity index (χ0n) is 15.1. The Morgan fingerprint density at radius 1 is 0.607 bits per heavy atom. The smallest absolute Gasteiger partial charge is 0.195 e. The average molecular weight is 380 g/mol. The van der Waals surface area contributed by atoms with E-state index in [2.05, 4.69) is 0 Å². The average Bonchev–Trinajstić information content (AvgIpc) is 2.72. The van der Waals surface area contributed by atoms with E-state index in [1.807, 2.05) is 25.1 Å². The van der Waals surface area contributed by atoms with E-state index in [-0.39, 0.29) is 16.6 Å². The van der Waals surface area contributed by atoms with Crippen LogP contribution in [-0.2, 0) is 6.42 Å². The maximum absolute atomic E-state index is 14.3. The van der Waals surface area contributed by atoms with E-state index in [9.17, 15) is 17.6 Å². The quantitative estimate of drug-likeness (QED) is 0.258. The van der Waals surface area contributed by atoms with Crippen LogP contribution in [0.5, 0.6) is 0 Å². The van der Waals surface area contributed by atoms with E-state index in [1.165, 1.54) is 12.1 Å². The van der Waals surface area contributed by atoms with Crippen LogP contribution >= 0.6 is 0 Å². The Morgan fingerprint density at radius 3 is 1.96 bits per heavy atom. The van der Waals surface area contributed by atoms with Crippen LogP contribution in [0.4, 0.5) is 17.6 Å². The number of hydrogen-bond acceptors (Lipinski definition) is 0. The van der Waals surface area contributed by atoms with Gasteiger partial charge in [0.1, 0.15) is 5.82 Å². The lowest BCUT2D eigenvalue weighted by Gasteiger charge is -2.09. The molecule has 0 saturated carbocycles. The van der Waals surface area contributed by atoms with Crippen LogP contribution in [0.25, 0.3) is 33.0 Å². The van der Waals surface area contributed by atoms with Crippen molar-refractivity contribution in [1.82, 2.24) is 0 Å². The Kier molecular flexibility index (Phi) is 4.63. The summed E-state index contributed by atoms with van der Waals surface area (Å²) in [4.78, 5) is 0. The van der Waals surface area contributed by atoms with Crippen molar-refractivity contribution in [3.05, 3.63) is 95.6 Å². The largest absolute Gasteiger partial charge is 0.206 e. The first kappa shape index (κ1) is 18.2. The summed E-state index contributed by atoms with van der Waals surface area (Å²) in [5, 5.41) is 0.302. The molecule has 0 aromatic heterocycles. The van der Waals surface area contributed by atoms with Gasteiger partial charge in [-0.3, -0.25) is 0 Å². The summed E-state index contributed by atoms with van der Waals surface area (Å²) in [5.41, 5.74) is 3.73. The second-order valence-corrected chi connectivity index (χ2v) is 6.67. The number of rotatable bonds is 3. The van der Waals surface area contributed by atoms with Gasteiger partial charge in [-0.05, 0) is 52.3 Å². The van der Waals surface area contributed by atoms with E-state index < -0.39 is 17.5 Å². The lowest BCUT2D eigenvalue weighted by molar-refractivity contribution is 0.453. The topological polar surface area (TPSA) is 0 Å². The van der Waals surface area contributed by atoms with Gasteiger partial charge in [0, 0.05) is 10.9 Å². The third-order valence-corrected chi connectivity index (χ3v) is 4.94. The minimum Gasteiger partial charge on any atom is -0.206 e. The molecule has 28 heavy (non-hydrogen) atoms. The van der Waals surface area contributed by atoms with Gasteiger partial charge in [-0.1, -0.05) is 55.5 Å². The summed E-state index contributed by atoms with van der Waals surface area (Å²) in [7, 11) is 0. The minimum absolute atomic E-state index is 0.0253. The molecule has 0 aliphatic heterocycles. The fraction of sp³-hybridized carbons (Fsp3) is 0.0833. The molecule has 0 saturated heterocycles. The highest BCUT2D eigenvalue weighted by molar-refractivity contribution is 5.88. The number of aryl methyl sites for hydroxylation is 1. The summed E-state index contributed by atoms with van der Waals surface area (Å²) in [6.07, 6.45) is 0.767. The number of fused-ring (bicyclic) bond motifs is 1. The van der Waals surface area contributed by atoms with Crippen molar-refractivity contribution in [3.8, 4) is 22.3 Å². The van der Waals surface area contributed by atoms with Crippen LogP contribution in [0.1, 0.15) is 12.5 Å². The van der Waals surface area contributed by atoms with E-state index >= 15 is 0 Å². The third-order valence-electron chi connectivity index (χ3n) is 4.94. The molecular weight excluding hydrogens is 364 g/mol. The molecule has 0 aliphatic carbocycles. The van der Waals surface area contributed by atoms with Crippen molar-refractivity contribution < 1.29 is 17.6 Å². The second kappa shape index (κ2) is 7.12. The van der Waals surface area contributed by atoms with E-state index in [1.54, 1.807) is 30.3 Å². The second-order valence-electron chi connectivity index (χ2n) is 6.67. The molecule has 0 unspecified atom stereocenters. The normalized spacial score (nSPS) is 11.2. The SMILES string of the molecule is CCc1ccc(-c2ccc(-c3ccc4c(F)c(F)c(F)cc4c3)cc2)c(F)c1. The molecule has 4 aromatic carbocycles. The molecule has 0 aliphatic rings. The first-order chi connectivity index (χ1) is 13.5. The molecule has 0 atom stereocenters. The van der Waals surface area contributed by atoms with Gasteiger partial charge in [-0.25, -0.2) is 17.6 Å². The molecule has 140 valence electrons. The van der Waals surface area contributed by atoms with Crippen molar-refractivity contribution in [2.75, 3.05) is 0 Å². The maximum atomic E-state index is 14.3. The monoisotopic (exact) mass is 380 g/mol. The van der Waals surface area contributed by atoms with Gasteiger partial charge in [0.05, 0.1) is 0 Å². The zero-order chi connectivity index (χ0) is 19.8.